The molecule has 0 fully saturated rings. The normalized spacial score (nSPS) is 10.8. The summed E-state index contributed by atoms with van der Waals surface area (Å²) in [6.07, 6.45) is 2.21. The topological polar surface area (TPSA) is 61.1 Å². The first-order valence-electron chi connectivity index (χ1n) is 4.62. The lowest BCUT2D eigenvalue weighted by atomic mass is 10.0. The van der Waals surface area contributed by atoms with E-state index in [1.165, 1.54) is 6.08 Å². The molecule has 0 aliphatic carbocycles. The highest BCUT2D eigenvalue weighted by atomic mass is 16.4. The van der Waals surface area contributed by atoms with Crippen molar-refractivity contribution in [3.05, 3.63) is 41.0 Å². The molecular formula is C12H11NO2. The fourth-order valence-electron chi connectivity index (χ4n) is 1.29. The molecule has 0 saturated carbocycles. The molecule has 0 amide bonds. The van der Waals surface area contributed by atoms with Gasteiger partial charge in [0.1, 0.15) is 11.6 Å². The number of aryl methyl sites for hydroxylation is 1. The van der Waals surface area contributed by atoms with Crippen LogP contribution in [-0.2, 0) is 11.2 Å². The van der Waals surface area contributed by atoms with Gasteiger partial charge in [-0.1, -0.05) is 31.2 Å². The average molecular weight is 201 g/mol. The molecule has 3 nitrogen and oxygen atoms in total. The zero-order chi connectivity index (χ0) is 11.3. The van der Waals surface area contributed by atoms with Crippen LogP contribution in [0, 0.1) is 11.3 Å². The monoisotopic (exact) mass is 201 g/mol. The first-order chi connectivity index (χ1) is 7.19. The highest BCUT2D eigenvalue weighted by Crippen LogP contribution is 2.13. The Kier molecular flexibility index (Phi) is 3.64. The second-order valence-corrected chi connectivity index (χ2v) is 3.03. The average Bonchev–Trinajstić information content (AvgIpc) is 2.25. The molecule has 1 N–H and O–H groups in total. The molecule has 0 bridgehead atoms. The number of nitrogens with zero attached hydrogens (tertiary/aromatic N) is 1. The maximum absolute atomic E-state index is 10.6. The lowest BCUT2D eigenvalue weighted by Gasteiger charge is -2.01. The van der Waals surface area contributed by atoms with Gasteiger partial charge in [-0.3, -0.25) is 0 Å². The third kappa shape index (κ3) is 2.68. The molecule has 0 aliphatic heterocycles. The molecule has 0 aromatic heterocycles. The van der Waals surface area contributed by atoms with Crippen molar-refractivity contribution < 1.29 is 9.90 Å². The number of carbonyl (C=O) groups is 1. The highest BCUT2D eigenvalue weighted by molar-refractivity contribution is 5.96. The maximum atomic E-state index is 10.6. The predicted octanol–water partition coefficient (Wildman–Crippen LogP) is 2.24. The molecule has 0 aliphatic rings. The number of nitriles is 1. The fourth-order valence-corrected chi connectivity index (χ4v) is 1.29. The largest absolute Gasteiger partial charge is 0.477 e. The van der Waals surface area contributed by atoms with E-state index in [2.05, 4.69) is 0 Å². The van der Waals surface area contributed by atoms with Crippen molar-refractivity contribution in [1.29, 1.82) is 5.26 Å². The lowest BCUT2D eigenvalue weighted by molar-refractivity contribution is -0.132. The molecule has 3 heteroatoms. The third-order valence-electron chi connectivity index (χ3n) is 2.09. The van der Waals surface area contributed by atoms with E-state index in [1.807, 2.05) is 25.1 Å². The van der Waals surface area contributed by atoms with E-state index in [0.717, 1.165) is 17.5 Å². The Morgan fingerprint density at radius 1 is 1.53 bits per heavy atom. The molecule has 15 heavy (non-hydrogen) atoms. The quantitative estimate of drug-likeness (QED) is 0.602. The first kappa shape index (κ1) is 11.0. The zero-order valence-electron chi connectivity index (χ0n) is 8.40. The number of rotatable bonds is 3. The lowest BCUT2D eigenvalue weighted by Crippen LogP contribution is -1.98. The van der Waals surface area contributed by atoms with Crippen LogP contribution in [0.3, 0.4) is 0 Å². The number of carboxylic acid groups (broad SMARTS) is 1. The minimum Gasteiger partial charge on any atom is -0.477 e. The van der Waals surface area contributed by atoms with Crippen LogP contribution in [0.25, 0.3) is 6.08 Å². The molecule has 1 aromatic rings. The van der Waals surface area contributed by atoms with Crippen molar-refractivity contribution in [2.24, 2.45) is 0 Å². The summed E-state index contributed by atoms with van der Waals surface area (Å²) >= 11 is 0. The van der Waals surface area contributed by atoms with Crippen molar-refractivity contribution in [1.82, 2.24) is 0 Å². The van der Waals surface area contributed by atoms with Crippen LogP contribution in [0.2, 0.25) is 0 Å². The van der Waals surface area contributed by atoms with Crippen molar-refractivity contribution in [3.8, 4) is 6.07 Å². The van der Waals surface area contributed by atoms with Crippen LogP contribution in [-0.4, -0.2) is 11.1 Å². The number of benzene rings is 1. The van der Waals surface area contributed by atoms with Gasteiger partial charge in [0.2, 0.25) is 0 Å². The van der Waals surface area contributed by atoms with Gasteiger partial charge < -0.3 is 5.11 Å². The van der Waals surface area contributed by atoms with E-state index >= 15 is 0 Å². The van der Waals surface area contributed by atoms with Gasteiger partial charge in [-0.2, -0.15) is 5.26 Å². The van der Waals surface area contributed by atoms with Crippen LogP contribution >= 0.6 is 0 Å². The number of hydrogen-bond acceptors (Lipinski definition) is 2. The Morgan fingerprint density at radius 3 is 2.73 bits per heavy atom. The predicted molar refractivity (Wildman–Crippen MR) is 57.0 cm³/mol. The summed E-state index contributed by atoms with van der Waals surface area (Å²) in [5, 5.41) is 17.3. The van der Waals surface area contributed by atoms with E-state index in [-0.39, 0.29) is 5.57 Å². The van der Waals surface area contributed by atoms with Crippen molar-refractivity contribution in [3.63, 3.8) is 0 Å². The number of aliphatic carboxylic acids is 1. The van der Waals surface area contributed by atoms with Gasteiger partial charge in [0.25, 0.3) is 0 Å². The van der Waals surface area contributed by atoms with Gasteiger partial charge in [0.05, 0.1) is 0 Å². The third-order valence-corrected chi connectivity index (χ3v) is 2.09. The fraction of sp³-hybridized carbons (Fsp3) is 0.167. The Bertz CT molecular complexity index is 441. The summed E-state index contributed by atoms with van der Waals surface area (Å²) < 4.78 is 0. The van der Waals surface area contributed by atoms with Crippen LogP contribution in [0.15, 0.2) is 29.8 Å². The Balaban J connectivity index is 3.18. The van der Waals surface area contributed by atoms with E-state index in [9.17, 15) is 4.79 Å². The SMILES string of the molecule is CCc1ccccc1C=C(C#N)C(=O)O. The summed E-state index contributed by atoms with van der Waals surface area (Å²) in [4.78, 5) is 10.6. The standard InChI is InChI=1S/C12H11NO2/c1-2-9-5-3-4-6-10(9)7-11(8-13)12(14)15/h3-7H,2H2,1H3,(H,14,15). The van der Waals surface area contributed by atoms with Gasteiger partial charge in [-0.15, -0.1) is 0 Å². The Hall–Kier alpha value is -2.08. The van der Waals surface area contributed by atoms with Crippen LogP contribution in [0.4, 0.5) is 0 Å². The molecule has 1 aromatic carbocycles. The first-order valence-corrected chi connectivity index (χ1v) is 4.62. The smallest absolute Gasteiger partial charge is 0.346 e. The minimum absolute atomic E-state index is 0.240. The summed E-state index contributed by atoms with van der Waals surface area (Å²) in [6, 6.07) is 9.10. The van der Waals surface area contributed by atoms with E-state index in [4.69, 9.17) is 10.4 Å². The van der Waals surface area contributed by atoms with E-state index in [0.29, 0.717) is 0 Å². The molecular weight excluding hydrogens is 190 g/mol. The number of carboxylic acids is 1. The van der Waals surface area contributed by atoms with Crippen LogP contribution < -0.4 is 0 Å². The van der Waals surface area contributed by atoms with Gasteiger partial charge in [-0.25, -0.2) is 4.79 Å². The van der Waals surface area contributed by atoms with Crippen molar-refractivity contribution in [2.75, 3.05) is 0 Å². The summed E-state index contributed by atoms with van der Waals surface area (Å²) in [7, 11) is 0. The van der Waals surface area contributed by atoms with E-state index < -0.39 is 5.97 Å². The molecule has 0 spiro atoms. The number of hydrogen-bond donors (Lipinski definition) is 1. The highest BCUT2D eigenvalue weighted by Gasteiger charge is 2.06. The molecule has 0 radical (unpaired) electrons. The van der Waals surface area contributed by atoms with Gasteiger partial charge >= 0.3 is 5.97 Å². The molecule has 0 unspecified atom stereocenters. The van der Waals surface area contributed by atoms with Crippen LogP contribution in [0.1, 0.15) is 18.1 Å². The second kappa shape index (κ2) is 4.97. The Labute approximate surface area is 88.3 Å². The van der Waals surface area contributed by atoms with Crippen LogP contribution in [0.5, 0.6) is 0 Å². The molecule has 0 atom stereocenters. The summed E-state index contributed by atoms with van der Waals surface area (Å²) in [5.74, 6) is -1.19. The van der Waals surface area contributed by atoms with Gasteiger partial charge in [-0.05, 0) is 23.6 Å². The zero-order valence-corrected chi connectivity index (χ0v) is 8.40. The molecule has 1 rings (SSSR count). The van der Waals surface area contributed by atoms with Gasteiger partial charge in [0, 0.05) is 0 Å². The molecule has 0 heterocycles. The summed E-state index contributed by atoms with van der Waals surface area (Å²) in [6.45, 7) is 1.99. The Morgan fingerprint density at radius 2 is 2.20 bits per heavy atom. The second-order valence-electron chi connectivity index (χ2n) is 3.03. The van der Waals surface area contributed by atoms with Crippen molar-refractivity contribution in [2.45, 2.75) is 13.3 Å². The molecule has 76 valence electrons. The molecule has 0 saturated heterocycles. The van der Waals surface area contributed by atoms with Gasteiger partial charge in [0.15, 0.2) is 0 Å². The minimum atomic E-state index is -1.19. The maximum Gasteiger partial charge on any atom is 0.346 e. The van der Waals surface area contributed by atoms with Crippen molar-refractivity contribution >= 4 is 12.0 Å². The van der Waals surface area contributed by atoms with E-state index in [1.54, 1.807) is 12.1 Å². The summed E-state index contributed by atoms with van der Waals surface area (Å²) in [5.41, 5.74) is 1.58.